The van der Waals surface area contributed by atoms with E-state index < -0.39 is 0 Å². The highest BCUT2D eigenvalue weighted by molar-refractivity contribution is 5.76. The molecule has 2 aromatic rings. The molecule has 164 valence electrons. The normalized spacial score (nSPS) is 24.3. The molecular weight excluding hydrogens is 380 g/mol. The number of imidazole rings is 1. The molecule has 2 aliphatic rings. The number of methoxy groups -OCH3 is 1. The van der Waals surface area contributed by atoms with Crippen LogP contribution in [0.25, 0.3) is 5.65 Å². The lowest BCUT2D eigenvalue weighted by molar-refractivity contribution is -0.134. The summed E-state index contributed by atoms with van der Waals surface area (Å²) in [5.74, 6) is 1.17. The summed E-state index contributed by atoms with van der Waals surface area (Å²) in [7, 11) is 1.67. The zero-order chi connectivity index (χ0) is 21.1. The molecule has 2 aromatic heterocycles. The quantitative estimate of drug-likeness (QED) is 0.664. The number of fused-ring (bicyclic) bond motifs is 2. The minimum atomic E-state index is 0.0544. The highest BCUT2D eigenvalue weighted by Gasteiger charge is 2.42. The first-order valence-electron chi connectivity index (χ1n) is 11.1. The fourth-order valence-corrected chi connectivity index (χ4v) is 5.04. The first-order valence-corrected chi connectivity index (χ1v) is 11.1. The Balaban J connectivity index is 1.35. The van der Waals surface area contributed by atoms with E-state index in [0.717, 1.165) is 50.5 Å². The summed E-state index contributed by atoms with van der Waals surface area (Å²) in [4.78, 5) is 21.8. The van der Waals surface area contributed by atoms with Gasteiger partial charge in [-0.3, -0.25) is 9.69 Å². The van der Waals surface area contributed by atoms with Gasteiger partial charge in [0.2, 0.25) is 5.91 Å². The number of aryl methyl sites for hydroxylation is 1. The predicted octanol–water partition coefficient (Wildman–Crippen LogP) is 2.36. The van der Waals surface area contributed by atoms with Gasteiger partial charge >= 0.3 is 0 Å². The molecule has 7 nitrogen and oxygen atoms in total. The molecule has 4 heterocycles. The second-order valence-electron chi connectivity index (χ2n) is 8.56. The van der Waals surface area contributed by atoms with Crippen molar-refractivity contribution in [2.45, 2.75) is 39.3 Å². The Morgan fingerprint density at radius 3 is 3.07 bits per heavy atom. The topological polar surface area (TPSA) is 59.3 Å². The van der Waals surface area contributed by atoms with Crippen molar-refractivity contribution in [1.82, 2.24) is 19.2 Å². The Morgan fingerprint density at radius 1 is 1.40 bits per heavy atom. The number of ether oxygens (including phenoxy) is 2. The van der Waals surface area contributed by atoms with E-state index in [1.165, 1.54) is 5.69 Å². The maximum absolute atomic E-state index is 12.7. The number of aromatic nitrogens is 2. The minimum Gasteiger partial charge on any atom is -0.383 e. The molecule has 0 saturated carbocycles. The van der Waals surface area contributed by atoms with Crippen molar-refractivity contribution in [3.8, 4) is 0 Å². The van der Waals surface area contributed by atoms with E-state index in [2.05, 4.69) is 34.6 Å². The summed E-state index contributed by atoms with van der Waals surface area (Å²) in [6, 6.07) is 6.15. The monoisotopic (exact) mass is 414 g/mol. The molecule has 0 unspecified atom stereocenters. The van der Waals surface area contributed by atoms with Gasteiger partial charge in [-0.25, -0.2) is 4.98 Å². The van der Waals surface area contributed by atoms with Crippen molar-refractivity contribution >= 4 is 11.6 Å². The molecule has 0 radical (unpaired) electrons. The van der Waals surface area contributed by atoms with Crippen LogP contribution in [0.3, 0.4) is 0 Å². The van der Waals surface area contributed by atoms with Crippen LogP contribution in [0, 0.1) is 18.8 Å². The molecule has 2 aliphatic heterocycles. The maximum Gasteiger partial charge on any atom is 0.225 e. The number of hydrogen-bond acceptors (Lipinski definition) is 5. The summed E-state index contributed by atoms with van der Waals surface area (Å²) in [6.07, 6.45) is 3.73. The van der Waals surface area contributed by atoms with Gasteiger partial charge in [0.05, 0.1) is 37.1 Å². The van der Waals surface area contributed by atoms with E-state index in [1.54, 1.807) is 7.11 Å². The molecular formula is C23H34N4O3. The van der Waals surface area contributed by atoms with Crippen LogP contribution in [0.1, 0.15) is 31.2 Å². The Hall–Kier alpha value is -1.96. The molecule has 7 heteroatoms. The van der Waals surface area contributed by atoms with Gasteiger partial charge < -0.3 is 18.8 Å². The SMILES string of the molecule is CCN(CCOC)C(=O)C[C@@H]1OC[C@H]2CN(Cc3c(C)nc4ccccn34)CC[C@H]21. The molecule has 0 bridgehead atoms. The number of likely N-dealkylation sites (tertiary alicyclic amines) is 1. The predicted molar refractivity (Wildman–Crippen MR) is 115 cm³/mol. The van der Waals surface area contributed by atoms with E-state index >= 15 is 0 Å². The van der Waals surface area contributed by atoms with Gasteiger partial charge in [0.1, 0.15) is 5.65 Å². The molecule has 1 amide bonds. The number of piperidine rings is 1. The van der Waals surface area contributed by atoms with Gasteiger partial charge in [-0.15, -0.1) is 0 Å². The third-order valence-corrected chi connectivity index (χ3v) is 6.76. The standard InChI is InChI=1S/C23H34N4O3/c1-4-26(11-12-29-3)23(28)13-21-19-8-10-25(14-18(19)16-30-21)15-20-17(2)24-22-7-5-6-9-27(20)22/h5-7,9,18-19,21H,4,8,10-16H2,1-3H3/t18-,19-,21+/m1/s1. The van der Waals surface area contributed by atoms with Crippen molar-refractivity contribution in [3.05, 3.63) is 35.8 Å². The summed E-state index contributed by atoms with van der Waals surface area (Å²) >= 11 is 0. The molecule has 30 heavy (non-hydrogen) atoms. The fraction of sp³-hybridized carbons (Fsp3) is 0.652. The second kappa shape index (κ2) is 9.45. The average Bonchev–Trinajstić information content (AvgIpc) is 3.29. The van der Waals surface area contributed by atoms with E-state index in [-0.39, 0.29) is 12.0 Å². The molecule has 0 spiro atoms. The Bertz CT molecular complexity index is 867. The number of rotatable bonds is 8. The van der Waals surface area contributed by atoms with Gasteiger partial charge in [-0.2, -0.15) is 0 Å². The van der Waals surface area contributed by atoms with E-state index in [4.69, 9.17) is 14.5 Å². The molecule has 2 fully saturated rings. The number of nitrogens with zero attached hydrogens (tertiary/aromatic N) is 4. The van der Waals surface area contributed by atoms with Crippen molar-refractivity contribution in [3.63, 3.8) is 0 Å². The third-order valence-electron chi connectivity index (χ3n) is 6.76. The smallest absolute Gasteiger partial charge is 0.225 e. The fourth-order valence-electron chi connectivity index (χ4n) is 5.04. The molecule has 0 aromatic carbocycles. The van der Waals surface area contributed by atoms with Crippen LogP contribution >= 0.6 is 0 Å². The largest absolute Gasteiger partial charge is 0.383 e. The van der Waals surface area contributed by atoms with Crippen LogP contribution in [-0.2, 0) is 20.8 Å². The number of pyridine rings is 1. The van der Waals surface area contributed by atoms with Crippen molar-refractivity contribution < 1.29 is 14.3 Å². The van der Waals surface area contributed by atoms with E-state index in [9.17, 15) is 4.79 Å². The first kappa shape index (κ1) is 21.3. The van der Waals surface area contributed by atoms with Crippen molar-refractivity contribution in [2.75, 3.05) is 46.5 Å². The third kappa shape index (κ3) is 4.38. The highest BCUT2D eigenvalue weighted by atomic mass is 16.5. The van der Waals surface area contributed by atoms with Crippen molar-refractivity contribution in [2.24, 2.45) is 11.8 Å². The lowest BCUT2D eigenvalue weighted by atomic mass is 9.83. The molecule has 2 saturated heterocycles. The summed E-state index contributed by atoms with van der Waals surface area (Å²) in [6.45, 7) is 9.79. The van der Waals surface area contributed by atoms with Crippen LogP contribution in [0.15, 0.2) is 24.4 Å². The summed E-state index contributed by atoms with van der Waals surface area (Å²) < 4.78 is 13.5. The van der Waals surface area contributed by atoms with Gasteiger partial charge in [0.25, 0.3) is 0 Å². The molecule has 3 atom stereocenters. The number of hydrogen-bond donors (Lipinski definition) is 0. The molecule has 0 aliphatic carbocycles. The number of likely N-dealkylation sites (N-methyl/N-ethyl adjacent to an activating group) is 1. The number of carbonyl (C=O) groups excluding carboxylic acids is 1. The summed E-state index contributed by atoms with van der Waals surface area (Å²) in [5, 5.41) is 0. The van der Waals surface area contributed by atoms with Gasteiger partial charge in [0.15, 0.2) is 0 Å². The zero-order valence-corrected chi connectivity index (χ0v) is 18.4. The van der Waals surface area contributed by atoms with Crippen LogP contribution in [0.2, 0.25) is 0 Å². The van der Waals surface area contributed by atoms with Gasteiger partial charge in [-0.05, 0) is 44.9 Å². The van der Waals surface area contributed by atoms with Crippen molar-refractivity contribution in [1.29, 1.82) is 0 Å². The average molecular weight is 415 g/mol. The summed E-state index contributed by atoms with van der Waals surface area (Å²) in [5.41, 5.74) is 3.38. The molecule has 4 rings (SSSR count). The second-order valence-corrected chi connectivity index (χ2v) is 8.56. The first-order chi connectivity index (χ1) is 14.6. The lowest BCUT2D eigenvalue weighted by Crippen LogP contribution is -2.42. The van der Waals surface area contributed by atoms with Gasteiger partial charge in [0, 0.05) is 45.4 Å². The maximum atomic E-state index is 12.7. The van der Waals surface area contributed by atoms with E-state index in [1.807, 2.05) is 17.9 Å². The Morgan fingerprint density at radius 2 is 2.27 bits per heavy atom. The van der Waals surface area contributed by atoms with E-state index in [0.29, 0.717) is 31.4 Å². The van der Waals surface area contributed by atoms with Crippen LogP contribution in [0.4, 0.5) is 0 Å². The van der Waals surface area contributed by atoms with Gasteiger partial charge in [-0.1, -0.05) is 6.07 Å². The van der Waals surface area contributed by atoms with Crippen LogP contribution in [0.5, 0.6) is 0 Å². The lowest BCUT2D eigenvalue weighted by Gasteiger charge is -2.35. The number of carbonyl (C=O) groups is 1. The highest BCUT2D eigenvalue weighted by Crippen LogP contribution is 2.36. The number of amides is 1. The molecule has 0 N–H and O–H groups in total. The zero-order valence-electron chi connectivity index (χ0n) is 18.4. The van der Waals surface area contributed by atoms with Crippen LogP contribution in [-0.4, -0.2) is 77.7 Å². The Kier molecular flexibility index (Phi) is 6.71. The van der Waals surface area contributed by atoms with Crippen LogP contribution < -0.4 is 0 Å². The Labute approximate surface area is 179 Å². The minimum absolute atomic E-state index is 0.0544.